The van der Waals surface area contributed by atoms with E-state index < -0.39 is 11.9 Å². The van der Waals surface area contributed by atoms with Gasteiger partial charge in [-0.2, -0.15) is 18.3 Å². The summed E-state index contributed by atoms with van der Waals surface area (Å²) < 4.78 is 38.5. The minimum absolute atomic E-state index is 0.0299. The van der Waals surface area contributed by atoms with Crippen LogP contribution in [0.2, 0.25) is 0 Å². The third kappa shape index (κ3) is 1.49. The smallest absolute Gasteiger partial charge is 0.394 e. The summed E-state index contributed by atoms with van der Waals surface area (Å²) in [5.41, 5.74) is 4.98. The first-order valence-corrected chi connectivity index (χ1v) is 4.07. The summed E-state index contributed by atoms with van der Waals surface area (Å²) in [4.78, 5) is 3.42. The summed E-state index contributed by atoms with van der Waals surface area (Å²) >= 11 is 0. The summed E-state index contributed by atoms with van der Waals surface area (Å²) in [6.45, 7) is 1.51. The summed E-state index contributed by atoms with van der Waals surface area (Å²) in [5, 5.41) is 3.80. The van der Waals surface area contributed by atoms with Crippen LogP contribution in [0.25, 0.3) is 5.65 Å². The van der Waals surface area contributed by atoms with Crippen molar-refractivity contribution in [2.45, 2.75) is 13.1 Å². The Hall–Kier alpha value is -1.79. The number of aryl methyl sites for hydroxylation is 1. The van der Waals surface area contributed by atoms with Crippen molar-refractivity contribution in [3.63, 3.8) is 0 Å². The quantitative estimate of drug-likeness (QED) is 0.728. The predicted molar refractivity (Wildman–Crippen MR) is 47.1 cm³/mol. The SMILES string of the molecule is Cc1cc(C(F)(F)F)nc2c(N)cnn12. The Morgan fingerprint density at radius 1 is 1.40 bits per heavy atom. The largest absolute Gasteiger partial charge is 0.433 e. The highest BCUT2D eigenvalue weighted by atomic mass is 19.4. The van der Waals surface area contributed by atoms with Crippen LogP contribution in [0.5, 0.6) is 0 Å². The van der Waals surface area contributed by atoms with Crippen molar-refractivity contribution in [3.8, 4) is 0 Å². The lowest BCUT2D eigenvalue weighted by Crippen LogP contribution is -2.11. The van der Waals surface area contributed by atoms with Crippen molar-refractivity contribution in [1.29, 1.82) is 0 Å². The molecule has 15 heavy (non-hydrogen) atoms. The maximum Gasteiger partial charge on any atom is 0.433 e. The normalized spacial score (nSPS) is 12.3. The van der Waals surface area contributed by atoms with E-state index in [4.69, 9.17) is 5.73 Å². The highest BCUT2D eigenvalue weighted by molar-refractivity contribution is 5.63. The van der Waals surface area contributed by atoms with Gasteiger partial charge in [0, 0.05) is 5.69 Å². The summed E-state index contributed by atoms with van der Waals surface area (Å²) in [6.07, 6.45) is -3.20. The van der Waals surface area contributed by atoms with Crippen LogP contribution in [0, 0.1) is 6.92 Å². The maximum atomic E-state index is 12.4. The van der Waals surface area contributed by atoms with Crippen molar-refractivity contribution >= 4 is 11.3 Å². The van der Waals surface area contributed by atoms with Gasteiger partial charge < -0.3 is 5.73 Å². The monoisotopic (exact) mass is 216 g/mol. The third-order valence-electron chi connectivity index (χ3n) is 1.97. The molecule has 0 aliphatic heterocycles. The average Bonchev–Trinajstić information content (AvgIpc) is 2.47. The molecule has 0 radical (unpaired) electrons. The zero-order valence-electron chi connectivity index (χ0n) is 7.71. The number of fused-ring (bicyclic) bond motifs is 1. The Labute approximate surface area is 82.5 Å². The van der Waals surface area contributed by atoms with Crippen LogP contribution in [0.3, 0.4) is 0 Å². The first-order chi connectivity index (χ1) is 6.89. The van der Waals surface area contributed by atoms with E-state index in [1.54, 1.807) is 0 Å². The zero-order chi connectivity index (χ0) is 11.2. The number of nitrogen functional groups attached to an aromatic ring is 1. The van der Waals surface area contributed by atoms with Crippen LogP contribution in [0.15, 0.2) is 12.3 Å². The molecule has 0 aliphatic rings. The number of nitrogens with zero attached hydrogens (tertiary/aromatic N) is 3. The topological polar surface area (TPSA) is 56.2 Å². The van der Waals surface area contributed by atoms with Gasteiger partial charge in [0.25, 0.3) is 0 Å². The van der Waals surface area contributed by atoms with Gasteiger partial charge >= 0.3 is 6.18 Å². The van der Waals surface area contributed by atoms with E-state index in [2.05, 4.69) is 10.1 Å². The number of hydrogen-bond donors (Lipinski definition) is 1. The molecule has 2 heterocycles. The molecule has 0 spiro atoms. The fourth-order valence-corrected chi connectivity index (χ4v) is 1.28. The van der Waals surface area contributed by atoms with E-state index >= 15 is 0 Å². The average molecular weight is 216 g/mol. The number of alkyl halides is 3. The fourth-order valence-electron chi connectivity index (χ4n) is 1.28. The molecular formula is C8H7F3N4. The second-order valence-corrected chi connectivity index (χ2v) is 3.12. The van der Waals surface area contributed by atoms with Crippen LogP contribution in [0.4, 0.5) is 18.9 Å². The second-order valence-electron chi connectivity index (χ2n) is 3.12. The van der Waals surface area contributed by atoms with E-state index in [1.807, 2.05) is 0 Å². The Bertz CT molecular complexity index is 514. The lowest BCUT2D eigenvalue weighted by molar-refractivity contribution is -0.141. The molecule has 0 fully saturated rings. The van der Waals surface area contributed by atoms with Gasteiger partial charge in [-0.15, -0.1) is 0 Å². The van der Waals surface area contributed by atoms with Crippen LogP contribution in [-0.2, 0) is 6.18 Å². The van der Waals surface area contributed by atoms with Gasteiger partial charge in [-0.05, 0) is 13.0 Å². The molecular weight excluding hydrogens is 209 g/mol. The Kier molecular flexibility index (Phi) is 1.85. The molecule has 0 saturated heterocycles. The first-order valence-electron chi connectivity index (χ1n) is 4.07. The molecule has 2 aromatic heterocycles. The van der Waals surface area contributed by atoms with Crippen molar-refractivity contribution in [2.24, 2.45) is 0 Å². The van der Waals surface area contributed by atoms with E-state index in [0.29, 0.717) is 5.69 Å². The molecule has 2 rings (SSSR count). The predicted octanol–water partition coefficient (Wildman–Crippen LogP) is 1.64. The van der Waals surface area contributed by atoms with Crippen molar-refractivity contribution < 1.29 is 13.2 Å². The van der Waals surface area contributed by atoms with Crippen molar-refractivity contribution in [1.82, 2.24) is 14.6 Å². The standard InChI is InChI=1S/C8H7F3N4/c1-4-2-6(8(9,10)11)14-7-5(12)3-13-15(4)7/h2-3H,12H2,1H3. The molecule has 0 atom stereocenters. The van der Waals surface area contributed by atoms with Crippen LogP contribution >= 0.6 is 0 Å². The van der Waals surface area contributed by atoms with E-state index in [9.17, 15) is 13.2 Å². The molecule has 0 unspecified atom stereocenters. The highest BCUT2D eigenvalue weighted by Gasteiger charge is 2.33. The molecule has 4 nitrogen and oxygen atoms in total. The second kappa shape index (κ2) is 2.85. The minimum Gasteiger partial charge on any atom is -0.394 e. The van der Waals surface area contributed by atoms with Crippen molar-refractivity contribution in [2.75, 3.05) is 5.73 Å². The number of hydrogen-bond acceptors (Lipinski definition) is 3. The maximum absolute atomic E-state index is 12.4. The van der Waals surface area contributed by atoms with Crippen molar-refractivity contribution in [3.05, 3.63) is 23.7 Å². The molecule has 7 heteroatoms. The lowest BCUT2D eigenvalue weighted by atomic mass is 10.3. The van der Waals surface area contributed by atoms with E-state index in [-0.39, 0.29) is 11.3 Å². The van der Waals surface area contributed by atoms with Gasteiger partial charge in [-0.25, -0.2) is 9.50 Å². The van der Waals surface area contributed by atoms with Gasteiger partial charge in [0.2, 0.25) is 0 Å². The molecule has 80 valence electrons. The molecule has 2 aromatic rings. The molecule has 0 amide bonds. The number of nitrogens with two attached hydrogens (primary N) is 1. The van der Waals surface area contributed by atoms with E-state index in [0.717, 1.165) is 6.07 Å². The number of halogens is 3. The third-order valence-corrected chi connectivity index (χ3v) is 1.97. The van der Waals surface area contributed by atoms with Gasteiger partial charge in [0.05, 0.1) is 11.9 Å². The van der Waals surface area contributed by atoms with E-state index in [1.165, 1.54) is 17.6 Å². The van der Waals surface area contributed by atoms with Crippen LogP contribution in [0.1, 0.15) is 11.4 Å². The minimum atomic E-state index is -4.47. The van der Waals surface area contributed by atoms with Gasteiger partial charge in [-0.3, -0.25) is 0 Å². The molecule has 0 saturated carbocycles. The zero-order valence-corrected chi connectivity index (χ0v) is 7.71. The Morgan fingerprint density at radius 2 is 2.07 bits per heavy atom. The highest BCUT2D eigenvalue weighted by Crippen LogP contribution is 2.29. The number of aromatic nitrogens is 3. The van der Waals surface area contributed by atoms with Gasteiger partial charge in [-0.1, -0.05) is 0 Å². The van der Waals surface area contributed by atoms with Crippen LogP contribution in [-0.4, -0.2) is 14.6 Å². The fraction of sp³-hybridized carbons (Fsp3) is 0.250. The first kappa shape index (κ1) is 9.75. The molecule has 0 aliphatic carbocycles. The van der Waals surface area contributed by atoms with Crippen LogP contribution < -0.4 is 5.73 Å². The Balaban J connectivity index is 2.76. The number of anilines is 1. The Morgan fingerprint density at radius 3 is 2.67 bits per heavy atom. The summed E-state index contributed by atoms with van der Waals surface area (Å²) in [6, 6.07) is 0.930. The molecule has 0 aromatic carbocycles. The summed E-state index contributed by atoms with van der Waals surface area (Å²) in [5.74, 6) is 0. The summed E-state index contributed by atoms with van der Waals surface area (Å²) in [7, 11) is 0. The molecule has 2 N–H and O–H groups in total. The van der Waals surface area contributed by atoms with Gasteiger partial charge in [0.15, 0.2) is 5.65 Å². The molecule has 0 bridgehead atoms. The van der Waals surface area contributed by atoms with Gasteiger partial charge in [0.1, 0.15) is 5.69 Å². The lowest BCUT2D eigenvalue weighted by Gasteiger charge is -2.07. The number of rotatable bonds is 0.